The highest BCUT2D eigenvalue weighted by Crippen LogP contribution is 2.39. The molecule has 134 valence electrons. The molecule has 5 rings (SSSR count). The highest BCUT2D eigenvalue weighted by Gasteiger charge is 2.29. The number of aryl methyl sites for hydroxylation is 3. The monoisotopic (exact) mass is 368 g/mol. The van der Waals surface area contributed by atoms with Crippen molar-refractivity contribution in [1.29, 1.82) is 0 Å². The zero-order valence-electron chi connectivity index (χ0n) is 14.7. The zero-order valence-corrected chi connectivity index (χ0v) is 15.5. The SMILES string of the molecule is Cn1cc(N2CCN(c3ncnc4sc5c(c34)CCCC5)CC2=O)cn1. The van der Waals surface area contributed by atoms with Gasteiger partial charge in [0.1, 0.15) is 17.0 Å². The van der Waals surface area contributed by atoms with Gasteiger partial charge in [0, 0.05) is 31.2 Å². The molecule has 1 fully saturated rings. The molecule has 3 aromatic rings. The Kier molecular flexibility index (Phi) is 3.66. The number of hydrogen-bond donors (Lipinski definition) is 0. The average molecular weight is 368 g/mol. The van der Waals surface area contributed by atoms with Crippen LogP contribution < -0.4 is 9.80 Å². The molecule has 0 atom stereocenters. The van der Waals surface area contributed by atoms with Crippen molar-refractivity contribution in [1.82, 2.24) is 19.7 Å². The van der Waals surface area contributed by atoms with Gasteiger partial charge in [-0.3, -0.25) is 9.48 Å². The van der Waals surface area contributed by atoms with Crippen LogP contribution in [0.1, 0.15) is 23.3 Å². The van der Waals surface area contributed by atoms with Crippen LogP contribution >= 0.6 is 11.3 Å². The molecule has 1 amide bonds. The summed E-state index contributed by atoms with van der Waals surface area (Å²) in [6.07, 6.45) is 9.98. The van der Waals surface area contributed by atoms with Crippen LogP contribution in [0.15, 0.2) is 18.7 Å². The van der Waals surface area contributed by atoms with Crippen molar-refractivity contribution >= 4 is 39.0 Å². The van der Waals surface area contributed by atoms with Gasteiger partial charge in [0.15, 0.2) is 0 Å². The summed E-state index contributed by atoms with van der Waals surface area (Å²) < 4.78 is 1.72. The summed E-state index contributed by atoms with van der Waals surface area (Å²) in [5.41, 5.74) is 2.27. The summed E-state index contributed by atoms with van der Waals surface area (Å²) in [5.74, 6) is 1.01. The second-order valence-corrected chi connectivity index (χ2v) is 8.01. The number of rotatable bonds is 2. The van der Waals surface area contributed by atoms with Crippen molar-refractivity contribution in [3.05, 3.63) is 29.2 Å². The van der Waals surface area contributed by atoms with E-state index in [9.17, 15) is 4.79 Å². The standard InChI is InChI=1S/C18H20N6OS/c1-22-9-12(8-21-22)24-7-6-23(10-15(24)25)17-16-13-4-2-3-5-14(13)26-18(16)20-11-19-17/h8-9,11H,2-7,10H2,1H3. The number of anilines is 2. The lowest BCUT2D eigenvalue weighted by molar-refractivity contribution is -0.117. The Labute approximate surface area is 155 Å². The molecule has 3 aromatic heterocycles. The molecule has 0 saturated carbocycles. The molecule has 7 nitrogen and oxygen atoms in total. The number of fused-ring (bicyclic) bond motifs is 3. The van der Waals surface area contributed by atoms with Gasteiger partial charge >= 0.3 is 0 Å². The second kappa shape index (κ2) is 6.05. The fraction of sp³-hybridized carbons (Fsp3) is 0.444. The fourth-order valence-corrected chi connectivity index (χ4v) is 5.21. The number of piperazine rings is 1. The van der Waals surface area contributed by atoms with Gasteiger partial charge in [-0.2, -0.15) is 5.10 Å². The maximum Gasteiger partial charge on any atom is 0.246 e. The minimum atomic E-state index is 0.0834. The number of hydrogen-bond acceptors (Lipinski definition) is 6. The lowest BCUT2D eigenvalue weighted by Gasteiger charge is -2.34. The van der Waals surface area contributed by atoms with Crippen LogP contribution in [0, 0.1) is 0 Å². The third-order valence-corrected chi connectivity index (χ3v) is 6.45. The van der Waals surface area contributed by atoms with E-state index in [1.54, 1.807) is 28.5 Å². The van der Waals surface area contributed by atoms with Crippen molar-refractivity contribution in [2.24, 2.45) is 7.05 Å². The number of aromatic nitrogens is 4. The first-order valence-corrected chi connectivity index (χ1v) is 9.81. The fourth-order valence-electron chi connectivity index (χ4n) is 3.99. The Morgan fingerprint density at radius 3 is 2.85 bits per heavy atom. The number of carbonyl (C=O) groups is 1. The molecule has 1 aliphatic heterocycles. The van der Waals surface area contributed by atoms with E-state index in [0.29, 0.717) is 13.1 Å². The minimum Gasteiger partial charge on any atom is -0.345 e. The Balaban J connectivity index is 1.48. The molecular weight excluding hydrogens is 348 g/mol. The van der Waals surface area contributed by atoms with Gasteiger partial charge in [-0.05, 0) is 31.2 Å². The number of nitrogens with zero attached hydrogens (tertiary/aromatic N) is 6. The molecule has 0 N–H and O–H groups in total. The van der Waals surface area contributed by atoms with Crippen LogP contribution in [0.3, 0.4) is 0 Å². The summed E-state index contributed by atoms with van der Waals surface area (Å²) in [6, 6.07) is 0. The first-order valence-electron chi connectivity index (χ1n) is 9.00. The third kappa shape index (κ3) is 2.47. The topological polar surface area (TPSA) is 67.2 Å². The summed E-state index contributed by atoms with van der Waals surface area (Å²) >= 11 is 1.79. The molecule has 1 saturated heterocycles. The molecule has 1 aliphatic carbocycles. The maximum absolute atomic E-state index is 12.8. The second-order valence-electron chi connectivity index (χ2n) is 6.93. The average Bonchev–Trinajstić information content (AvgIpc) is 3.24. The van der Waals surface area contributed by atoms with Crippen molar-refractivity contribution in [3.8, 4) is 0 Å². The lowest BCUT2D eigenvalue weighted by Crippen LogP contribution is -2.51. The van der Waals surface area contributed by atoms with Crippen molar-refractivity contribution in [3.63, 3.8) is 0 Å². The van der Waals surface area contributed by atoms with Crippen LogP contribution in [0.25, 0.3) is 10.2 Å². The number of amides is 1. The predicted molar refractivity (Wildman–Crippen MR) is 102 cm³/mol. The Hall–Kier alpha value is -2.48. The van der Waals surface area contributed by atoms with Crippen LogP contribution in [-0.4, -0.2) is 45.3 Å². The molecule has 0 radical (unpaired) electrons. The lowest BCUT2D eigenvalue weighted by atomic mass is 9.97. The van der Waals surface area contributed by atoms with E-state index in [-0.39, 0.29) is 5.91 Å². The summed E-state index contributed by atoms with van der Waals surface area (Å²) in [4.78, 5) is 28.3. The van der Waals surface area contributed by atoms with E-state index in [1.807, 2.05) is 18.1 Å². The molecule has 0 aromatic carbocycles. The number of thiophene rings is 1. The predicted octanol–water partition coefficient (Wildman–Crippen LogP) is 2.16. The van der Waals surface area contributed by atoms with Gasteiger partial charge < -0.3 is 9.80 Å². The first-order chi connectivity index (χ1) is 12.7. The van der Waals surface area contributed by atoms with E-state index in [4.69, 9.17) is 0 Å². The zero-order chi connectivity index (χ0) is 17.7. The quantitative estimate of drug-likeness (QED) is 0.693. The van der Waals surface area contributed by atoms with E-state index >= 15 is 0 Å². The molecule has 0 unspecified atom stereocenters. The van der Waals surface area contributed by atoms with E-state index < -0.39 is 0 Å². The van der Waals surface area contributed by atoms with E-state index in [0.717, 1.165) is 35.7 Å². The Morgan fingerprint density at radius 2 is 2.04 bits per heavy atom. The van der Waals surface area contributed by atoms with Gasteiger partial charge in [0.05, 0.1) is 23.8 Å². The normalized spacial score (nSPS) is 17.8. The van der Waals surface area contributed by atoms with Crippen LogP contribution in [0.5, 0.6) is 0 Å². The highest BCUT2D eigenvalue weighted by molar-refractivity contribution is 7.19. The van der Waals surface area contributed by atoms with Gasteiger partial charge in [-0.25, -0.2) is 9.97 Å². The van der Waals surface area contributed by atoms with E-state index in [1.165, 1.54) is 28.7 Å². The summed E-state index contributed by atoms with van der Waals surface area (Å²) in [5, 5.41) is 5.35. The van der Waals surface area contributed by atoms with Gasteiger partial charge in [-0.15, -0.1) is 11.3 Å². The summed E-state index contributed by atoms with van der Waals surface area (Å²) in [6.45, 7) is 1.74. The Bertz CT molecular complexity index is 993. The molecule has 0 spiro atoms. The largest absolute Gasteiger partial charge is 0.345 e. The minimum absolute atomic E-state index is 0.0834. The number of carbonyl (C=O) groups excluding carboxylic acids is 1. The molecule has 0 bridgehead atoms. The maximum atomic E-state index is 12.8. The molecule has 8 heteroatoms. The molecule has 2 aliphatic rings. The van der Waals surface area contributed by atoms with E-state index in [2.05, 4.69) is 20.0 Å². The smallest absolute Gasteiger partial charge is 0.246 e. The molecule has 26 heavy (non-hydrogen) atoms. The van der Waals surface area contributed by atoms with Crippen LogP contribution in [0.4, 0.5) is 11.5 Å². The van der Waals surface area contributed by atoms with Crippen LogP contribution in [-0.2, 0) is 24.7 Å². The van der Waals surface area contributed by atoms with Crippen molar-refractivity contribution in [2.75, 3.05) is 29.4 Å². The van der Waals surface area contributed by atoms with Gasteiger partial charge in [0.2, 0.25) is 5.91 Å². The van der Waals surface area contributed by atoms with Crippen molar-refractivity contribution in [2.45, 2.75) is 25.7 Å². The van der Waals surface area contributed by atoms with Gasteiger partial charge in [0.25, 0.3) is 0 Å². The molecule has 4 heterocycles. The van der Waals surface area contributed by atoms with Crippen LogP contribution in [0.2, 0.25) is 0 Å². The van der Waals surface area contributed by atoms with Crippen molar-refractivity contribution < 1.29 is 4.79 Å². The third-order valence-electron chi connectivity index (χ3n) is 5.25. The highest BCUT2D eigenvalue weighted by atomic mass is 32.1. The van der Waals surface area contributed by atoms with Gasteiger partial charge in [-0.1, -0.05) is 0 Å². The first kappa shape index (κ1) is 15.7. The molecular formula is C18H20N6OS. The summed E-state index contributed by atoms with van der Waals surface area (Å²) in [7, 11) is 1.86. The Morgan fingerprint density at radius 1 is 1.15 bits per heavy atom.